The first-order valence-electron chi connectivity index (χ1n) is 2.92. The van der Waals surface area contributed by atoms with Crippen LogP contribution < -0.4 is 0 Å². The fourth-order valence-electron chi connectivity index (χ4n) is 0.721. The van der Waals surface area contributed by atoms with E-state index >= 15 is 0 Å². The van der Waals surface area contributed by atoms with Crippen molar-refractivity contribution in [1.82, 2.24) is 0 Å². The molecule has 0 amide bonds. The molecule has 0 aliphatic heterocycles. The maximum atomic E-state index is 13.0. The normalized spacial score (nSPS) is 10.2. The van der Waals surface area contributed by atoms with E-state index in [0.717, 1.165) is 6.07 Å². The third-order valence-electron chi connectivity index (χ3n) is 1.27. The van der Waals surface area contributed by atoms with Crippen molar-refractivity contribution in [3.05, 3.63) is 36.8 Å². The Bertz CT molecular complexity index is 357. The lowest BCUT2D eigenvalue weighted by molar-refractivity contribution is -0.388. The molecule has 0 aromatic heterocycles. The van der Waals surface area contributed by atoms with Crippen molar-refractivity contribution >= 4 is 37.5 Å². The standard InChI is InChI=1S/C6HBr2F2NO2/c7-2-1-3(9)4(8)6(5(2)10)11(12)13/h1H. The van der Waals surface area contributed by atoms with Crippen LogP contribution in [0, 0.1) is 21.7 Å². The van der Waals surface area contributed by atoms with Crippen LogP contribution in [0.5, 0.6) is 0 Å². The molecule has 0 radical (unpaired) electrons. The molecule has 0 spiro atoms. The Balaban J connectivity index is 3.56. The minimum atomic E-state index is -1.10. The Morgan fingerprint density at radius 1 is 1.38 bits per heavy atom. The third kappa shape index (κ3) is 1.86. The minimum Gasteiger partial charge on any atom is -0.258 e. The zero-order valence-corrected chi connectivity index (χ0v) is 9.02. The van der Waals surface area contributed by atoms with Gasteiger partial charge < -0.3 is 0 Å². The highest BCUT2D eigenvalue weighted by Gasteiger charge is 2.25. The molecule has 0 unspecified atom stereocenters. The summed E-state index contributed by atoms with van der Waals surface area (Å²) >= 11 is 5.25. The Labute approximate surface area is 88.2 Å². The molecular formula is C6HBr2F2NO2. The molecule has 1 rings (SSSR count). The van der Waals surface area contributed by atoms with E-state index in [1.165, 1.54) is 0 Å². The molecule has 3 nitrogen and oxygen atoms in total. The number of rotatable bonds is 1. The van der Waals surface area contributed by atoms with Gasteiger partial charge in [-0.15, -0.1) is 0 Å². The summed E-state index contributed by atoms with van der Waals surface area (Å²) in [6.45, 7) is 0. The summed E-state index contributed by atoms with van der Waals surface area (Å²) in [4.78, 5) is 9.30. The van der Waals surface area contributed by atoms with Crippen LogP contribution in [0.2, 0.25) is 0 Å². The molecule has 70 valence electrons. The van der Waals surface area contributed by atoms with Crippen molar-refractivity contribution < 1.29 is 13.7 Å². The maximum absolute atomic E-state index is 13.0. The molecule has 0 bridgehead atoms. The van der Waals surface area contributed by atoms with Crippen LogP contribution in [-0.4, -0.2) is 4.92 Å². The molecule has 0 aliphatic carbocycles. The molecule has 7 heteroatoms. The van der Waals surface area contributed by atoms with Gasteiger partial charge in [0.15, 0.2) is 0 Å². The highest BCUT2D eigenvalue weighted by Crippen LogP contribution is 2.34. The summed E-state index contributed by atoms with van der Waals surface area (Å²) in [5, 5.41) is 10.3. The highest BCUT2D eigenvalue weighted by atomic mass is 79.9. The molecule has 0 atom stereocenters. The van der Waals surface area contributed by atoms with Crippen LogP contribution in [0.1, 0.15) is 0 Å². The van der Waals surface area contributed by atoms with Crippen LogP contribution in [0.15, 0.2) is 15.0 Å². The number of nitro groups is 1. The van der Waals surface area contributed by atoms with Gasteiger partial charge in [-0.25, -0.2) is 4.39 Å². The molecule has 0 aliphatic rings. The number of benzene rings is 1. The molecule has 0 fully saturated rings. The second-order valence-electron chi connectivity index (χ2n) is 2.07. The lowest BCUT2D eigenvalue weighted by atomic mass is 10.3. The maximum Gasteiger partial charge on any atom is 0.323 e. The van der Waals surface area contributed by atoms with E-state index in [-0.39, 0.29) is 4.47 Å². The average Bonchev–Trinajstić information content (AvgIpc) is 2.01. The molecule has 0 saturated carbocycles. The fraction of sp³-hybridized carbons (Fsp3) is 0. The summed E-state index contributed by atoms with van der Waals surface area (Å²) < 4.78 is 25.1. The van der Waals surface area contributed by atoms with Crippen molar-refractivity contribution in [1.29, 1.82) is 0 Å². The predicted octanol–water partition coefficient (Wildman–Crippen LogP) is 3.40. The number of nitrogens with zero attached hydrogens (tertiary/aromatic N) is 1. The van der Waals surface area contributed by atoms with E-state index in [1.54, 1.807) is 0 Å². The summed E-state index contributed by atoms with van der Waals surface area (Å²) in [7, 11) is 0. The first-order valence-corrected chi connectivity index (χ1v) is 4.51. The van der Waals surface area contributed by atoms with Crippen molar-refractivity contribution in [3.8, 4) is 0 Å². The summed E-state index contributed by atoms with van der Waals surface area (Å²) in [6.07, 6.45) is 0. The molecule has 13 heavy (non-hydrogen) atoms. The van der Waals surface area contributed by atoms with Gasteiger partial charge in [-0.1, -0.05) is 0 Å². The van der Waals surface area contributed by atoms with Crippen molar-refractivity contribution in [3.63, 3.8) is 0 Å². The Morgan fingerprint density at radius 3 is 2.38 bits per heavy atom. The second-order valence-corrected chi connectivity index (χ2v) is 3.72. The molecule has 0 N–H and O–H groups in total. The number of hydrogen-bond acceptors (Lipinski definition) is 2. The monoisotopic (exact) mass is 315 g/mol. The van der Waals surface area contributed by atoms with Gasteiger partial charge in [-0.2, -0.15) is 4.39 Å². The third-order valence-corrected chi connectivity index (χ3v) is 2.60. The quantitative estimate of drug-likeness (QED) is 0.453. The van der Waals surface area contributed by atoms with E-state index in [2.05, 4.69) is 31.9 Å². The lowest BCUT2D eigenvalue weighted by Gasteiger charge is -2.00. The van der Waals surface area contributed by atoms with Gasteiger partial charge in [0.05, 0.1) is 9.40 Å². The molecule has 0 saturated heterocycles. The number of nitro benzene ring substituents is 1. The molecule has 1 aromatic carbocycles. The first kappa shape index (κ1) is 10.5. The van der Waals surface area contributed by atoms with Gasteiger partial charge in [-0.05, 0) is 37.9 Å². The first-order chi connectivity index (χ1) is 5.95. The topological polar surface area (TPSA) is 43.1 Å². The number of halogens is 4. The van der Waals surface area contributed by atoms with Crippen molar-refractivity contribution in [2.24, 2.45) is 0 Å². The van der Waals surface area contributed by atoms with Gasteiger partial charge in [0.1, 0.15) is 10.3 Å². The Hall–Kier alpha value is -0.560. The SMILES string of the molecule is O=[N+]([O-])c1c(F)c(Br)cc(F)c1Br. The van der Waals surface area contributed by atoms with Crippen LogP contribution in [0.3, 0.4) is 0 Å². The average molecular weight is 317 g/mol. The summed E-state index contributed by atoms with van der Waals surface area (Å²) in [6, 6.07) is 0.812. The summed E-state index contributed by atoms with van der Waals surface area (Å²) in [5.41, 5.74) is -0.910. The Kier molecular flexibility index (Phi) is 2.97. The zero-order chi connectivity index (χ0) is 10.2. The molecule has 0 heterocycles. The van der Waals surface area contributed by atoms with Crippen LogP contribution in [-0.2, 0) is 0 Å². The van der Waals surface area contributed by atoms with E-state index in [1.807, 2.05) is 0 Å². The van der Waals surface area contributed by atoms with E-state index in [0.29, 0.717) is 0 Å². The summed E-state index contributed by atoms with van der Waals surface area (Å²) in [5.74, 6) is -1.99. The second kappa shape index (κ2) is 3.67. The largest absolute Gasteiger partial charge is 0.323 e. The van der Waals surface area contributed by atoms with Gasteiger partial charge in [0, 0.05) is 0 Å². The molecule has 1 aromatic rings. The lowest BCUT2D eigenvalue weighted by Crippen LogP contribution is -1.97. The van der Waals surface area contributed by atoms with E-state index < -0.39 is 26.7 Å². The van der Waals surface area contributed by atoms with Crippen molar-refractivity contribution in [2.75, 3.05) is 0 Å². The van der Waals surface area contributed by atoms with Gasteiger partial charge in [0.25, 0.3) is 0 Å². The molecular weight excluding hydrogens is 316 g/mol. The van der Waals surface area contributed by atoms with Gasteiger partial charge in [0.2, 0.25) is 5.82 Å². The zero-order valence-electron chi connectivity index (χ0n) is 5.85. The smallest absolute Gasteiger partial charge is 0.258 e. The van der Waals surface area contributed by atoms with E-state index in [9.17, 15) is 18.9 Å². The van der Waals surface area contributed by atoms with Crippen LogP contribution in [0.4, 0.5) is 14.5 Å². The van der Waals surface area contributed by atoms with E-state index in [4.69, 9.17) is 0 Å². The van der Waals surface area contributed by atoms with Gasteiger partial charge in [-0.3, -0.25) is 10.1 Å². The fourth-order valence-corrected chi connectivity index (χ4v) is 1.54. The van der Waals surface area contributed by atoms with Gasteiger partial charge >= 0.3 is 5.69 Å². The van der Waals surface area contributed by atoms with Crippen molar-refractivity contribution in [2.45, 2.75) is 0 Å². The van der Waals surface area contributed by atoms with Crippen LogP contribution >= 0.6 is 31.9 Å². The predicted molar refractivity (Wildman–Crippen MR) is 48.4 cm³/mol. The minimum absolute atomic E-state index is 0.278. The Morgan fingerprint density at radius 2 is 1.92 bits per heavy atom. The number of hydrogen-bond donors (Lipinski definition) is 0. The highest BCUT2D eigenvalue weighted by molar-refractivity contribution is 9.11. The van der Waals surface area contributed by atoms with Crippen LogP contribution in [0.25, 0.3) is 0 Å².